The molecule has 1 N–H and O–H groups in total. The van der Waals surface area contributed by atoms with Crippen LogP contribution in [0.15, 0.2) is 54.6 Å². The van der Waals surface area contributed by atoms with Crippen molar-refractivity contribution >= 4 is 5.91 Å². The van der Waals surface area contributed by atoms with Crippen LogP contribution in [-0.4, -0.2) is 32.0 Å². The van der Waals surface area contributed by atoms with Gasteiger partial charge in [0.25, 0.3) is 5.91 Å². The van der Waals surface area contributed by atoms with Crippen molar-refractivity contribution in [1.29, 1.82) is 0 Å². The van der Waals surface area contributed by atoms with Crippen molar-refractivity contribution < 1.29 is 19.0 Å². The van der Waals surface area contributed by atoms with E-state index in [1.807, 2.05) is 44.2 Å². The molecule has 2 rings (SSSR count). The van der Waals surface area contributed by atoms with Gasteiger partial charge in [0.2, 0.25) is 0 Å². The van der Waals surface area contributed by atoms with Gasteiger partial charge in [-0.25, -0.2) is 0 Å². The highest BCUT2D eigenvalue weighted by Crippen LogP contribution is 2.21. The zero-order chi connectivity index (χ0) is 19.5. The van der Waals surface area contributed by atoms with Gasteiger partial charge < -0.3 is 19.5 Å². The van der Waals surface area contributed by atoms with Gasteiger partial charge in [0, 0.05) is 18.2 Å². The van der Waals surface area contributed by atoms with Gasteiger partial charge in [-0.1, -0.05) is 25.1 Å². The predicted molar refractivity (Wildman–Crippen MR) is 106 cm³/mol. The SMILES string of the molecule is CCOCOC[C@@H](C)C[C@H](C)NC(=O)c1ccc(Oc2ccccc2)cc1. The summed E-state index contributed by atoms with van der Waals surface area (Å²) in [5.41, 5.74) is 0.613. The standard InChI is InChI=1S/C22H29NO4/c1-4-25-16-26-15-17(2)14-18(3)23-22(24)19-10-12-21(13-11-19)27-20-8-6-5-7-9-20/h5-13,17-18H,4,14-16H2,1-3H3,(H,23,24)/t17-,18-/m0/s1. The number of carbonyl (C=O) groups excluding carboxylic acids is 1. The first kappa shape index (κ1) is 20.9. The minimum absolute atomic E-state index is 0.0587. The molecule has 1 amide bonds. The van der Waals surface area contributed by atoms with Crippen molar-refractivity contribution in [2.75, 3.05) is 20.0 Å². The number of benzene rings is 2. The number of amides is 1. The van der Waals surface area contributed by atoms with E-state index in [-0.39, 0.29) is 11.9 Å². The van der Waals surface area contributed by atoms with Crippen LogP contribution in [0.1, 0.15) is 37.6 Å². The molecule has 5 heteroatoms. The molecule has 0 bridgehead atoms. The van der Waals surface area contributed by atoms with Crippen LogP contribution in [0.25, 0.3) is 0 Å². The number of hydrogen-bond donors (Lipinski definition) is 1. The molecule has 0 aliphatic rings. The van der Waals surface area contributed by atoms with Crippen LogP contribution in [0.5, 0.6) is 11.5 Å². The summed E-state index contributed by atoms with van der Waals surface area (Å²) in [5, 5.41) is 3.03. The summed E-state index contributed by atoms with van der Waals surface area (Å²) in [6, 6.07) is 16.8. The summed E-state index contributed by atoms with van der Waals surface area (Å²) < 4.78 is 16.3. The normalized spacial score (nSPS) is 13.0. The van der Waals surface area contributed by atoms with Crippen LogP contribution in [0.2, 0.25) is 0 Å². The Morgan fingerprint density at radius 2 is 1.63 bits per heavy atom. The number of para-hydroxylation sites is 1. The summed E-state index contributed by atoms with van der Waals surface area (Å²) in [6.45, 7) is 7.62. The Balaban J connectivity index is 1.77. The second kappa shape index (κ2) is 11.4. The van der Waals surface area contributed by atoms with Crippen molar-refractivity contribution in [3.05, 3.63) is 60.2 Å². The highest BCUT2D eigenvalue weighted by molar-refractivity contribution is 5.94. The molecule has 0 heterocycles. The fourth-order valence-corrected chi connectivity index (χ4v) is 2.73. The number of rotatable bonds is 11. The monoisotopic (exact) mass is 371 g/mol. The maximum absolute atomic E-state index is 12.4. The molecule has 146 valence electrons. The zero-order valence-electron chi connectivity index (χ0n) is 16.3. The van der Waals surface area contributed by atoms with E-state index in [1.54, 1.807) is 24.3 Å². The van der Waals surface area contributed by atoms with Crippen molar-refractivity contribution in [3.63, 3.8) is 0 Å². The van der Waals surface area contributed by atoms with Gasteiger partial charge >= 0.3 is 0 Å². The topological polar surface area (TPSA) is 56.8 Å². The minimum Gasteiger partial charge on any atom is -0.457 e. The third-order valence-electron chi connectivity index (χ3n) is 4.00. The van der Waals surface area contributed by atoms with E-state index in [1.165, 1.54) is 0 Å². The van der Waals surface area contributed by atoms with E-state index in [9.17, 15) is 4.79 Å². The van der Waals surface area contributed by atoms with Crippen LogP contribution in [0.3, 0.4) is 0 Å². The van der Waals surface area contributed by atoms with E-state index < -0.39 is 0 Å². The predicted octanol–water partition coefficient (Wildman–Crippen LogP) is 4.63. The molecule has 0 saturated carbocycles. The summed E-state index contributed by atoms with van der Waals surface area (Å²) in [5.74, 6) is 1.72. The first-order valence-electron chi connectivity index (χ1n) is 9.37. The maximum Gasteiger partial charge on any atom is 0.251 e. The molecule has 2 aromatic rings. The summed E-state index contributed by atoms with van der Waals surface area (Å²) in [6.07, 6.45) is 0.840. The Hall–Kier alpha value is -2.37. The highest BCUT2D eigenvalue weighted by atomic mass is 16.7. The molecule has 0 saturated heterocycles. The van der Waals surface area contributed by atoms with Gasteiger partial charge in [-0.2, -0.15) is 0 Å². The summed E-state index contributed by atoms with van der Waals surface area (Å²) in [7, 11) is 0. The van der Waals surface area contributed by atoms with Crippen molar-refractivity contribution in [2.45, 2.75) is 33.2 Å². The molecule has 2 atom stereocenters. The van der Waals surface area contributed by atoms with Gasteiger partial charge in [0.15, 0.2) is 0 Å². The average Bonchev–Trinajstić information content (AvgIpc) is 2.66. The Morgan fingerprint density at radius 1 is 0.963 bits per heavy atom. The Bertz CT molecular complexity index is 672. The molecule has 0 aliphatic carbocycles. The van der Waals surface area contributed by atoms with Gasteiger partial charge in [-0.3, -0.25) is 4.79 Å². The second-order valence-electron chi connectivity index (χ2n) is 6.64. The molecular weight excluding hydrogens is 342 g/mol. The van der Waals surface area contributed by atoms with Crippen molar-refractivity contribution in [3.8, 4) is 11.5 Å². The lowest BCUT2D eigenvalue weighted by atomic mass is 10.0. The van der Waals surface area contributed by atoms with E-state index >= 15 is 0 Å². The van der Waals surface area contributed by atoms with E-state index in [2.05, 4.69) is 12.2 Å². The van der Waals surface area contributed by atoms with Gasteiger partial charge in [0.05, 0.1) is 6.61 Å². The molecule has 27 heavy (non-hydrogen) atoms. The van der Waals surface area contributed by atoms with Crippen LogP contribution in [0.4, 0.5) is 0 Å². The number of nitrogens with one attached hydrogen (secondary N) is 1. The van der Waals surface area contributed by atoms with Gasteiger partial charge in [-0.05, 0) is 62.6 Å². The largest absolute Gasteiger partial charge is 0.457 e. The highest BCUT2D eigenvalue weighted by Gasteiger charge is 2.13. The smallest absolute Gasteiger partial charge is 0.251 e. The molecule has 0 aromatic heterocycles. The molecule has 0 radical (unpaired) electrons. The van der Waals surface area contributed by atoms with Crippen LogP contribution >= 0.6 is 0 Å². The third-order valence-corrected chi connectivity index (χ3v) is 4.00. The van der Waals surface area contributed by atoms with Crippen LogP contribution < -0.4 is 10.1 Å². The van der Waals surface area contributed by atoms with E-state index in [0.717, 1.165) is 12.2 Å². The second-order valence-corrected chi connectivity index (χ2v) is 6.64. The summed E-state index contributed by atoms with van der Waals surface area (Å²) in [4.78, 5) is 12.4. The number of ether oxygens (including phenoxy) is 3. The lowest BCUT2D eigenvalue weighted by molar-refractivity contribution is -0.0599. The molecule has 0 aliphatic heterocycles. The van der Waals surface area contributed by atoms with Crippen molar-refractivity contribution in [2.24, 2.45) is 5.92 Å². The first-order chi connectivity index (χ1) is 13.1. The van der Waals surface area contributed by atoms with E-state index in [0.29, 0.717) is 37.2 Å². The molecule has 5 nitrogen and oxygen atoms in total. The zero-order valence-corrected chi connectivity index (χ0v) is 16.3. The fourth-order valence-electron chi connectivity index (χ4n) is 2.73. The fraction of sp³-hybridized carbons (Fsp3) is 0.409. The minimum atomic E-state index is -0.0869. The molecule has 2 aromatic carbocycles. The quantitative estimate of drug-likeness (QED) is 0.462. The molecule has 0 fully saturated rings. The van der Waals surface area contributed by atoms with Gasteiger partial charge in [-0.15, -0.1) is 0 Å². The Labute approximate surface area is 161 Å². The lowest BCUT2D eigenvalue weighted by Crippen LogP contribution is -2.34. The average molecular weight is 371 g/mol. The molecule has 0 spiro atoms. The number of carbonyl (C=O) groups is 1. The third kappa shape index (κ3) is 7.81. The summed E-state index contributed by atoms with van der Waals surface area (Å²) >= 11 is 0. The lowest BCUT2D eigenvalue weighted by Gasteiger charge is -2.19. The first-order valence-corrected chi connectivity index (χ1v) is 9.37. The number of hydrogen-bond acceptors (Lipinski definition) is 4. The van der Waals surface area contributed by atoms with Crippen molar-refractivity contribution in [1.82, 2.24) is 5.32 Å². The Kier molecular flexibility index (Phi) is 8.81. The van der Waals surface area contributed by atoms with Gasteiger partial charge in [0.1, 0.15) is 18.3 Å². The maximum atomic E-state index is 12.4. The molecular formula is C22H29NO4. The van der Waals surface area contributed by atoms with E-state index in [4.69, 9.17) is 14.2 Å². The van der Waals surface area contributed by atoms with Crippen LogP contribution in [0, 0.1) is 5.92 Å². The van der Waals surface area contributed by atoms with Crippen LogP contribution in [-0.2, 0) is 9.47 Å². The molecule has 0 unspecified atom stereocenters. The Morgan fingerprint density at radius 3 is 2.30 bits per heavy atom.